The van der Waals surface area contributed by atoms with Gasteiger partial charge in [-0.15, -0.1) is 0 Å². The topological polar surface area (TPSA) is 55.5 Å². The first-order valence-corrected chi connectivity index (χ1v) is 10.3. The maximum absolute atomic E-state index is 12.6. The first kappa shape index (κ1) is 18.4. The Labute approximate surface area is 161 Å². The van der Waals surface area contributed by atoms with Crippen LogP contribution in [0, 0.1) is 5.92 Å². The lowest BCUT2D eigenvalue weighted by atomic mass is 9.99. The molecule has 1 amide bonds. The predicted molar refractivity (Wildman–Crippen MR) is 107 cm³/mol. The van der Waals surface area contributed by atoms with Crippen LogP contribution in [0.25, 0.3) is 11.0 Å². The van der Waals surface area contributed by atoms with Gasteiger partial charge in [-0.05, 0) is 50.4 Å². The Morgan fingerprint density at radius 1 is 1.07 bits per heavy atom. The molecule has 6 heteroatoms. The van der Waals surface area contributed by atoms with E-state index in [9.17, 15) is 4.79 Å². The van der Waals surface area contributed by atoms with Crippen molar-refractivity contribution in [1.82, 2.24) is 24.7 Å². The first-order valence-electron chi connectivity index (χ1n) is 10.3. The van der Waals surface area contributed by atoms with E-state index in [0.29, 0.717) is 12.5 Å². The van der Waals surface area contributed by atoms with E-state index in [1.54, 1.807) is 0 Å². The second kappa shape index (κ2) is 8.40. The fourth-order valence-corrected chi connectivity index (χ4v) is 4.18. The summed E-state index contributed by atoms with van der Waals surface area (Å²) in [4.78, 5) is 27.6. The molecule has 0 aliphatic carbocycles. The Bertz CT molecular complexity index is 732. The fraction of sp³-hybridized carbons (Fsp3) is 0.619. The molecular formula is C21H31N5O. The van der Waals surface area contributed by atoms with Crippen molar-refractivity contribution in [2.45, 2.75) is 32.7 Å². The summed E-state index contributed by atoms with van der Waals surface area (Å²) in [7, 11) is 0. The summed E-state index contributed by atoms with van der Waals surface area (Å²) in [5, 5.41) is 0. The van der Waals surface area contributed by atoms with E-state index in [0.717, 1.165) is 87.9 Å². The largest absolute Gasteiger partial charge is 0.342 e. The standard InChI is InChI=1S/C21H31N5O/c1-17-7-11-26(12-8-17)21(27)16-25-10-4-9-24(13-14-25)15-20-22-18-5-2-3-6-19(18)23-20/h2-3,5-6,17H,4,7-16H2,1H3,(H,22,23). The van der Waals surface area contributed by atoms with Gasteiger partial charge in [0.05, 0.1) is 24.1 Å². The lowest BCUT2D eigenvalue weighted by Crippen LogP contribution is -2.44. The highest BCUT2D eigenvalue weighted by Crippen LogP contribution is 2.17. The number of nitrogens with zero attached hydrogens (tertiary/aromatic N) is 4. The van der Waals surface area contributed by atoms with Crippen molar-refractivity contribution in [2.24, 2.45) is 5.92 Å². The molecule has 0 bridgehead atoms. The van der Waals surface area contributed by atoms with E-state index in [2.05, 4.69) is 32.7 Å². The highest BCUT2D eigenvalue weighted by molar-refractivity contribution is 5.78. The van der Waals surface area contributed by atoms with E-state index in [-0.39, 0.29) is 0 Å². The fourth-order valence-electron chi connectivity index (χ4n) is 4.18. The molecule has 146 valence electrons. The van der Waals surface area contributed by atoms with Crippen LogP contribution in [0.3, 0.4) is 0 Å². The van der Waals surface area contributed by atoms with Crippen LogP contribution in [0.2, 0.25) is 0 Å². The van der Waals surface area contributed by atoms with Crippen molar-refractivity contribution in [3.05, 3.63) is 30.1 Å². The summed E-state index contributed by atoms with van der Waals surface area (Å²) in [6.07, 6.45) is 3.40. The average molecular weight is 370 g/mol. The van der Waals surface area contributed by atoms with Gasteiger partial charge in [0.1, 0.15) is 5.82 Å². The van der Waals surface area contributed by atoms with Gasteiger partial charge in [0, 0.05) is 26.2 Å². The van der Waals surface area contributed by atoms with Gasteiger partial charge in [-0.3, -0.25) is 14.6 Å². The van der Waals surface area contributed by atoms with Gasteiger partial charge in [0.25, 0.3) is 0 Å². The zero-order valence-corrected chi connectivity index (χ0v) is 16.4. The van der Waals surface area contributed by atoms with Crippen LogP contribution in [0.15, 0.2) is 24.3 Å². The molecule has 2 saturated heterocycles. The van der Waals surface area contributed by atoms with Gasteiger partial charge >= 0.3 is 0 Å². The van der Waals surface area contributed by atoms with Crippen LogP contribution in [0.1, 0.15) is 32.0 Å². The SMILES string of the molecule is CC1CCN(C(=O)CN2CCCN(Cc3nc4ccccc4[nH]3)CC2)CC1. The van der Waals surface area contributed by atoms with Gasteiger partial charge in [0.2, 0.25) is 5.91 Å². The molecule has 0 radical (unpaired) electrons. The van der Waals surface area contributed by atoms with Crippen LogP contribution < -0.4 is 0 Å². The molecule has 4 rings (SSSR count). The summed E-state index contributed by atoms with van der Waals surface area (Å²) in [5.41, 5.74) is 2.13. The molecular weight excluding hydrogens is 338 g/mol. The third-order valence-electron chi connectivity index (χ3n) is 5.99. The molecule has 2 aliphatic rings. The van der Waals surface area contributed by atoms with Crippen molar-refractivity contribution < 1.29 is 4.79 Å². The summed E-state index contributed by atoms with van der Waals surface area (Å²) in [5.74, 6) is 2.11. The number of para-hydroxylation sites is 2. The molecule has 3 heterocycles. The minimum absolute atomic E-state index is 0.313. The maximum atomic E-state index is 12.6. The predicted octanol–water partition coefficient (Wildman–Crippen LogP) is 2.33. The average Bonchev–Trinajstić information content (AvgIpc) is 2.95. The Balaban J connectivity index is 1.28. The van der Waals surface area contributed by atoms with Crippen molar-refractivity contribution in [3.8, 4) is 0 Å². The molecule has 0 unspecified atom stereocenters. The third-order valence-corrected chi connectivity index (χ3v) is 5.99. The molecule has 1 aromatic carbocycles. The second-order valence-electron chi connectivity index (χ2n) is 8.17. The van der Waals surface area contributed by atoms with E-state index >= 15 is 0 Å². The quantitative estimate of drug-likeness (QED) is 0.899. The lowest BCUT2D eigenvalue weighted by Gasteiger charge is -2.32. The van der Waals surface area contributed by atoms with Crippen LogP contribution >= 0.6 is 0 Å². The number of likely N-dealkylation sites (tertiary alicyclic amines) is 1. The minimum atomic E-state index is 0.313. The summed E-state index contributed by atoms with van der Waals surface area (Å²) in [6.45, 7) is 9.59. The molecule has 0 saturated carbocycles. The number of benzene rings is 1. The number of nitrogens with one attached hydrogen (secondary N) is 1. The minimum Gasteiger partial charge on any atom is -0.342 e. The van der Waals surface area contributed by atoms with Crippen molar-refractivity contribution in [1.29, 1.82) is 0 Å². The van der Waals surface area contributed by atoms with E-state index in [1.807, 2.05) is 18.2 Å². The summed E-state index contributed by atoms with van der Waals surface area (Å²) in [6, 6.07) is 8.18. The van der Waals surface area contributed by atoms with Gasteiger partial charge in [-0.2, -0.15) is 0 Å². The van der Waals surface area contributed by atoms with Gasteiger partial charge in [-0.25, -0.2) is 4.98 Å². The zero-order valence-electron chi connectivity index (χ0n) is 16.4. The highest BCUT2D eigenvalue weighted by atomic mass is 16.2. The Kier molecular flexibility index (Phi) is 5.74. The number of H-pyrrole nitrogens is 1. The Morgan fingerprint density at radius 3 is 2.63 bits per heavy atom. The molecule has 6 nitrogen and oxygen atoms in total. The number of carbonyl (C=O) groups is 1. The third kappa shape index (κ3) is 4.68. The van der Waals surface area contributed by atoms with Crippen LogP contribution in [-0.4, -0.2) is 76.4 Å². The van der Waals surface area contributed by atoms with Crippen LogP contribution in [-0.2, 0) is 11.3 Å². The Hall–Kier alpha value is -1.92. The smallest absolute Gasteiger partial charge is 0.236 e. The molecule has 1 N–H and O–H groups in total. The van der Waals surface area contributed by atoms with Gasteiger partial charge in [-0.1, -0.05) is 19.1 Å². The van der Waals surface area contributed by atoms with Gasteiger partial charge < -0.3 is 9.88 Å². The first-order chi connectivity index (χ1) is 13.2. The van der Waals surface area contributed by atoms with E-state index in [1.165, 1.54) is 0 Å². The molecule has 0 spiro atoms. The molecule has 2 aromatic rings. The highest BCUT2D eigenvalue weighted by Gasteiger charge is 2.23. The lowest BCUT2D eigenvalue weighted by molar-refractivity contribution is -0.133. The number of hydrogen-bond donors (Lipinski definition) is 1. The number of hydrogen-bond acceptors (Lipinski definition) is 4. The molecule has 2 fully saturated rings. The maximum Gasteiger partial charge on any atom is 0.236 e. The number of aromatic amines is 1. The number of aromatic nitrogens is 2. The summed E-state index contributed by atoms with van der Waals surface area (Å²) < 4.78 is 0. The van der Waals surface area contributed by atoms with Gasteiger partial charge in [0.15, 0.2) is 0 Å². The van der Waals surface area contributed by atoms with Crippen LogP contribution in [0.5, 0.6) is 0 Å². The number of rotatable bonds is 4. The van der Waals surface area contributed by atoms with Crippen molar-refractivity contribution in [2.75, 3.05) is 45.8 Å². The number of fused-ring (bicyclic) bond motifs is 1. The van der Waals surface area contributed by atoms with Crippen molar-refractivity contribution >= 4 is 16.9 Å². The number of carbonyl (C=O) groups excluding carboxylic acids is 1. The zero-order chi connectivity index (χ0) is 18.6. The second-order valence-corrected chi connectivity index (χ2v) is 8.17. The van der Waals surface area contributed by atoms with E-state index < -0.39 is 0 Å². The summed E-state index contributed by atoms with van der Waals surface area (Å²) >= 11 is 0. The number of piperidine rings is 1. The normalized spacial score (nSPS) is 20.9. The number of amides is 1. The molecule has 1 aromatic heterocycles. The molecule has 0 atom stereocenters. The number of imidazole rings is 1. The van der Waals surface area contributed by atoms with E-state index in [4.69, 9.17) is 4.98 Å². The monoisotopic (exact) mass is 369 g/mol. The van der Waals surface area contributed by atoms with Crippen LogP contribution in [0.4, 0.5) is 0 Å². The Morgan fingerprint density at radius 2 is 1.81 bits per heavy atom. The molecule has 2 aliphatic heterocycles. The molecule has 27 heavy (non-hydrogen) atoms. The van der Waals surface area contributed by atoms with Crippen molar-refractivity contribution in [3.63, 3.8) is 0 Å².